The average Bonchev–Trinajstić information content (AvgIpc) is 3.10. The van der Waals surface area contributed by atoms with Crippen LogP contribution in [0.5, 0.6) is 0 Å². The van der Waals surface area contributed by atoms with Gasteiger partial charge in [0.2, 0.25) is 5.91 Å². The summed E-state index contributed by atoms with van der Waals surface area (Å²) >= 11 is 1.31. The highest BCUT2D eigenvalue weighted by molar-refractivity contribution is 7.17. The summed E-state index contributed by atoms with van der Waals surface area (Å²) in [5.41, 5.74) is 1.93. The summed E-state index contributed by atoms with van der Waals surface area (Å²) in [6.07, 6.45) is 5.49. The Morgan fingerprint density at radius 2 is 1.74 bits per heavy atom. The van der Waals surface area contributed by atoms with Crippen molar-refractivity contribution in [3.63, 3.8) is 0 Å². The summed E-state index contributed by atoms with van der Waals surface area (Å²) in [6.45, 7) is 3.85. The number of carboxylic acid groups (broad SMARTS) is 1. The number of esters is 1. The number of anilines is 1. The molecule has 5 rings (SSSR count). The fourth-order valence-corrected chi connectivity index (χ4v) is 5.93. The molecule has 2 aromatic rings. The van der Waals surface area contributed by atoms with E-state index in [9.17, 15) is 19.5 Å². The van der Waals surface area contributed by atoms with Crippen LogP contribution in [-0.4, -0.2) is 29.6 Å². The molecule has 162 valence electrons. The van der Waals surface area contributed by atoms with Gasteiger partial charge in [-0.05, 0) is 44.1 Å². The molecule has 0 saturated heterocycles. The van der Waals surface area contributed by atoms with Crippen molar-refractivity contribution in [2.45, 2.75) is 26.7 Å². The van der Waals surface area contributed by atoms with Gasteiger partial charge in [0.1, 0.15) is 10.6 Å². The first-order valence-corrected chi connectivity index (χ1v) is 11.3. The molecule has 1 saturated carbocycles. The van der Waals surface area contributed by atoms with Gasteiger partial charge in [0.05, 0.1) is 18.4 Å². The maximum atomic E-state index is 13.3. The minimum atomic E-state index is -0.947. The predicted molar refractivity (Wildman–Crippen MR) is 119 cm³/mol. The van der Waals surface area contributed by atoms with Gasteiger partial charge in [0.25, 0.3) is 0 Å². The van der Waals surface area contributed by atoms with E-state index in [0.29, 0.717) is 10.6 Å². The zero-order valence-corrected chi connectivity index (χ0v) is 18.3. The van der Waals surface area contributed by atoms with Crippen LogP contribution in [0.3, 0.4) is 0 Å². The summed E-state index contributed by atoms with van der Waals surface area (Å²) in [4.78, 5) is 39.0. The molecule has 31 heavy (non-hydrogen) atoms. The Bertz CT molecular complexity index is 1040. The van der Waals surface area contributed by atoms with Gasteiger partial charge in [-0.3, -0.25) is 9.59 Å². The maximum absolute atomic E-state index is 13.3. The van der Waals surface area contributed by atoms with Gasteiger partial charge in [0.15, 0.2) is 0 Å². The van der Waals surface area contributed by atoms with Gasteiger partial charge < -0.3 is 15.2 Å². The third-order valence-electron chi connectivity index (χ3n) is 6.20. The summed E-state index contributed by atoms with van der Waals surface area (Å²) in [5, 5.41) is 13.1. The second kappa shape index (κ2) is 8.67. The van der Waals surface area contributed by atoms with Crippen LogP contribution in [0.4, 0.5) is 5.00 Å². The Morgan fingerprint density at radius 1 is 1.10 bits per heavy atom. The number of ether oxygens (including phenoxy) is 1. The van der Waals surface area contributed by atoms with Gasteiger partial charge in [-0.2, -0.15) is 0 Å². The zero-order chi connectivity index (χ0) is 22.1. The van der Waals surface area contributed by atoms with Crippen molar-refractivity contribution in [3.8, 4) is 11.1 Å². The highest BCUT2D eigenvalue weighted by Gasteiger charge is 2.48. The van der Waals surface area contributed by atoms with Crippen molar-refractivity contribution < 1.29 is 24.2 Å². The summed E-state index contributed by atoms with van der Waals surface area (Å²) in [5.74, 6) is -3.43. The van der Waals surface area contributed by atoms with Gasteiger partial charge >= 0.3 is 11.9 Å². The number of thiophene rings is 1. The zero-order valence-electron chi connectivity index (χ0n) is 17.5. The van der Waals surface area contributed by atoms with Crippen LogP contribution in [0.25, 0.3) is 11.1 Å². The molecule has 7 heteroatoms. The number of carboxylic acids is 1. The predicted octanol–water partition coefficient (Wildman–Crippen LogP) is 4.75. The molecular weight excluding hydrogens is 414 g/mol. The number of amides is 1. The number of hydrogen-bond donors (Lipinski definition) is 2. The van der Waals surface area contributed by atoms with E-state index in [1.165, 1.54) is 11.3 Å². The molecule has 1 aromatic carbocycles. The highest BCUT2D eigenvalue weighted by atomic mass is 32.1. The van der Waals surface area contributed by atoms with Crippen molar-refractivity contribution in [1.82, 2.24) is 0 Å². The molecule has 0 aliphatic heterocycles. The molecule has 1 fully saturated rings. The minimum Gasteiger partial charge on any atom is -0.481 e. The Balaban J connectivity index is 1.71. The smallest absolute Gasteiger partial charge is 0.341 e. The van der Waals surface area contributed by atoms with Crippen LogP contribution in [0.1, 0.15) is 35.0 Å². The first-order chi connectivity index (χ1) is 14.9. The lowest BCUT2D eigenvalue weighted by molar-refractivity contribution is -0.151. The molecule has 1 aromatic heterocycles. The van der Waals surface area contributed by atoms with Crippen LogP contribution >= 0.6 is 11.3 Å². The molecule has 0 radical (unpaired) electrons. The molecule has 3 aliphatic carbocycles. The minimum absolute atomic E-state index is 0.105. The van der Waals surface area contributed by atoms with Crippen molar-refractivity contribution in [1.29, 1.82) is 0 Å². The van der Waals surface area contributed by atoms with Crippen LogP contribution < -0.4 is 5.32 Å². The monoisotopic (exact) mass is 439 g/mol. The van der Waals surface area contributed by atoms with Gasteiger partial charge in [-0.1, -0.05) is 42.5 Å². The largest absolute Gasteiger partial charge is 0.481 e. The molecule has 1 amide bonds. The topological polar surface area (TPSA) is 92.7 Å². The number of benzene rings is 1. The number of aliphatic carboxylic acids is 1. The maximum Gasteiger partial charge on any atom is 0.341 e. The van der Waals surface area contributed by atoms with Crippen LogP contribution in [-0.2, 0) is 14.3 Å². The Hall–Kier alpha value is -2.93. The Kier molecular flexibility index (Phi) is 5.96. The number of carbonyl (C=O) groups is 3. The lowest BCUT2D eigenvalue weighted by Crippen LogP contribution is -2.47. The van der Waals surface area contributed by atoms with E-state index in [-0.39, 0.29) is 24.3 Å². The lowest BCUT2D eigenvalue weighted by atomic mass is 9.62. The molecule has 0 unspecified atom stereocenters. The number of fused-ring (bicyclic) bond motifs is 2. The van der Waals surface area contributed by atoms with E-state index in [0.717, 1.165) is 28.8 Å². The average molecular weight is 440 g/mol. The number of carbonyl (C=O) groups excluding carboxylic acids is 2. The van der Waals surface area contributed by atoms with E-state index < -0.39 is 23.8 Å². The Labute approximate surface area is 184 Å². The second-order valence-corrected chi connectivity index (χ2v) is 9.22. The van der Waals surface area contributed by atoms with E-state index >= 15 is 0 Å². The van der Waals surface area contributed by atoms with Crippen molar-refractivity contribution >= 4 is 34.2 Å². The summed E-state index contributed by atoms with van der Waals surface area (Å²) in [7, 11) is 0. The standard InChI is InChI=1S/C24H25NO5S/c1-3-30-24(29)20-17(14-7-5-4-6-8-14)13(2)31-22(20)25-21(26)18-15-9-11-16(12-10-15)19(18)23(27)28/h4-9,11,15-16,18-19H,3,10,12H2,1-2H3,(H,25,26)(H,27,28)/t15-,16+,18+,19+/m1/s1. The first-order valence-electron chi connectivity index (χ1n) is 10.5. The van der Waals surface area contributed by atoms with Crippen LogP contribution in [0.15, 0.2) is 42.5 Å². The quantitative estimate of drug-likeness (QED) is 0.500. The number of nitrogens with one attached hydrogen (secondary N) is 1. The normalized spacial score (nSPS) is 24.1. The van der Waals surface area contributed by atoms with E-state index in [2.05, 4.69) is 5.32 Å². The highest BCUT2D eigenvalue weighted by Crippen LogP contribution is 2.46. The van der Waals surface area contributed by atoms with E-state index in [1.54, 1.807) is 6.92 Å². The third kappa shape index (κ3) is 3.90. The number of rotatable bonds is 6. The van der Waals surface area contributed by atoms with E-state index in [4.69, 9.17) is 4.74 Å². The third-order valence-corrected chi connectivity index (χ3v) is 7.22. The summed E-state index contributed by atoms with van der Waals surface area (Å²) < 4.78 is 5.29. The van der Waals surface area contributed by atoms with Gasteiger partial charge in [-0.25, -0.2) is 4.79 Å². The van der Waals surface area contributed by atoms with E-state index in [1.807, 2.05) is 49.4 Å². The van der Waals surface area contributed by atoms with Crippen molar-refractivity contribution in [3.05, 3.63) is 52.9 Å². The lowest BCUT2D eigenvalue weighted by Gasteiger charge is -2.41. The molecule has 4 atom stereocenters. The first kappa shape index (κ1) is 21.3. The van der Waals surface area contributed by atoms with Crippen molar-refractivity contribution in [2.75, 3.05) is 11.9 Å². The number of hydrogen-bond acceptors (Lipinski definition) is 5. The molecule has 6 nitrogen and oxygen atoms in total. The summed E-state index contributed by atoms with van der Waals surface area (Å²) in [6, 6.07) is 9.50. The molecule has 1 heterocycles. The van der Waals surface area contributed by atoms with Crippen molar-refractivity contribution in [2.24, 2.45) is 23.7 Å². The van der Waals surface area contributed by atoms with Gasteiger partial charge in [-0.15, -0.1) is 11.3 Å². The molecule has 2 bridgehead atoms. The van der Waals surface area contributed by atoms with Crippen LogP contribution in [0.2, 0.25) is 0 Å². The SMILES string of the molecule is CCOC(=O)c1c(NC(=O)[C@@H]2[C@@H](C(=O)O)[C@H]3C=C[C@@H]2CC3)sc(C)c1-c1ccccc1. The molecule has 3 aliphatic rings. The molecule has 0 spiro atoms. The fourth-order valence-electron chi connectivity index (χ4n) is 4.87. The molecule has 2 N–H and O–H groups in total. The van der Waals surface area contributed by atoms with Crippen LogP contribution in [0, 0.1) is 30.6 Å². The number of allylic oxidation sites excluding steroid dienone is 2. The fraction of sp³-hybridized carbons (Fsp3) is 0.375. The second-order valence-electron chi connectivity index (χ2n) is 7.99. The van der Waals surface area contributed by atoms with Gasteiger partial charge in [0, 0.05) is 10.4 Å². The number of aryl methyl sites for hydroxylation is 1. The Morgan fingerprint density at radius 3 is 2.32 bits per heavy atom. The molecular formula is C24H25NO5S.